The van der Waals surface area contributed by atoms with Crippen molar-refractivity contribution in [3.05, 3.63) is 43.5 Å². The molecule has 122 valence electrons. The molecule has 1 fully saturated rings. The van der Waals surface area contributed by atoms with Crippen LogP contribution in [0.15, 0.2) is 28.4 Å². The van der Waals surface area contributed by atoms with Gasteiger partial charge in [-0.05, 0) is 28.1 Å². The fraction of sp³-hybridized carbons (Fsp3) is 0.231. The van der Waals surface area contributed by atoms with E-state index in [2.05, 4.69) is 21.2 Å². The summed E-state index contributed by atoms with van der Waals surface area (Å²) in [7, 11) is 0. The van der Waals surface area contributed by atoms with Crippen molar-refractivity contribution in [2.45, 2.75) is 19.6 Å². The summed E-state index contributed by atoms with van der Waals surface area (Å²) in [4.78, 5) is 34.0. The summed E-state index contributed by atoms with van der Waals surface area (Å²) >= 11 is 8.94. The molecule has 1 saturated heterocycles. The van der Waals surface area contributed by atoms with Crippen LogP contribution in [0, 0.1) is 10.1 Å². The zero-order valence-electron chi connectivity index (χ0n) is 11.9. The van der Waals surface area contributed by atoms with Gasteiger partial charge in [0, 0.05) is 24.5 Å². The molecule has 0 atom stereocenters. The van der Waals surface area contributed by atoms with Crippen LogP contribution in [0.3, 0.4) is 0 Å². The van der Waals surface area contributed by atoms with E-state index in [9.17, 15) is 19.7 Å². The van der Waals surface area contributed by atoms with Gasteiger partial charge in [0.15, 0.2) is 5.57 Å². The average Bonchev–Trinajstić information content (AvgIpc) is 2.39. The molecular weight excluding hydrogens is 396 g/mol. The van der Waals surface area contributed by atoms with Crippen molar-refractivity contribution in [3.63, 3.8) is 0 Å². The topological polar surface area (TPSA) is 108 Å². The molecule has 0 aromatic heterocycles. The van der Waals surface area contributed by atoms with E-state index in [0.29, 0.717) is 4.47 Å². The highest BCUT2D eigenvalue weighted by molar-refractivity contribution is 9.10. The third-order valence-electron chi connectivity index (χ3n) is 2.74. The molecule has 1 aliphatic heterocycles. The molecule has 10 heteroatoms. The third kappa shape index (κ3) is 3.62. The number of anilines is 1. The summed E-state index contributed by atoms with van der Waals surface area (Å²) in [5, 5.41) is 13.5. The van der Waals surface area contributed by atoms with Gasteiger partial charge in [0.25, 0.3) is 5.79 Å². The van der Waals surface area contributed by atoms with Crippen molar-refractivity contribution in [2.75, 3.05) is 5.32 Å². The van der Waals surface area contributed by atoms with Gasteiger partial charge in [0.1, 0.15) is 10.7 Å². The first-order valence-corrected chi connectivity index (χ1v) is 7.35. The highest BCUT2D eigenvalue weighted by Crippen LogP contribution is 2.38. The SMILES string of the molecule is CC1(C)OC(=O)C(=CNc2c(Br)ccc(Cl)c2[N+](=O)[O-])C(=O)O1. The number of nitro benzene ring substituents is 1. The molecule has 0 bridgehead atoms. The number of rotatable bonds is 3. The van der Waals surface area contributed by atoms with Crippen LogP contribution in [-0.4, -0.2) is 22.6 Å². The van der Waals surface area contributed by atoms with Crippen LogP contribution in [0.5, 0.6) is 0 Å². The molecule has 0 radical (unpaired) electrons. The number of hydrogen-bond donors (Lipinski definition) is 1. The quantitative estimate of drug-likeness (QED) is 0.270. The number of halogens is 2. The number of ether oxygens (including phenoxy) is 2. The molecule has 0 spiro atoms. The highest BCUT2D eigenvalue weighted by Gasteiger charge is 2.39. The summed E-state index contributed by atoms with van der Waals surface area (Å²) in [6, 6.07) is 2.82. The van der Waals surface area contributed by atoms with E-state index < -0.39 is 33.9 Å². The van der Waals surface area contributed by atoms with Gasteiger partial charge in [-0.3, -0.25) is 10.1 Å². The van der Waals surface area contributed by atoms with Gasteiger partial charge in [-0.15, -0.1) is 0 Å². The van der Waals surface area contributed by atoms with Crippen molar-refractivity contribution < 1.29 is 24.0 Å². The lowest BCUT2D eigenvalue weighted by Crippen LogP contribution is -2.42. The third-order valence-corrected chi connectivity index (χ3v) is 3.70. The zero-order valence-corrected chi connectivity index (χ0v) is 14.2. The highest BCUT2D eigenvalue weighted by atomic mass is 79.9. The number of esters is 2. The summed E-state index contributed by atoms with van der Waals surface area (Å²) in [5.41, 5.74) is -0.846. The molecule has 1 aromatic carbocycles. The lowest BCUT2D eigenvalue weighted by atomic mass is 10.2. The van der Waals surface area contributed by atoms with Crippen molar-refractivity contribution in [1.29, 1.82) is 0 Å². The van der Waals surface area contributed by atoms with Gasteiger partial charge in [0.05, 0.1) is 4.92 Å². The van der Waals surface area contributed by atoms with Crippen LogP contribution in [0.25, 0.3) is 0 Å². The van der Waals surface area contributed by atoms with E-state index in [0.717, 1.165) is 6.20 Å². The molecule has 1 aliphatic rings. The largest absolute Gasteiger partial charge is 0.419 e. The van der Waals surface area contributed by atoms with Crippen LogP contribution >= 0.6 is 27.5 Å². The molecule has 1 heterocycles. The Bertz CT molecular complexity index is 724. The lowest BCUT2D eigenvalue weighted by Gasteiger charge is -2.29. The molecule has 0 amide bonds. The van der Waals surface area contributed by atoms with E-state index in [1.165, 1.54) is 26.0 Å². The molecule has 0 saturated carbocycles. The van der Waals surface area contributed by atoms with E-state index in [-0.39, 0.29) is 10.7 Å². The Kier molecular flexibility index (Phi) is 4.62. The fourth-order valence-electron chi connectivity index (χ4n) is 1.78. The standard InChI is InChI=1S/C13H10BrClN2O6/c1-13(2)22-11(18)6(12(19)23-13)5-16-9-7(14)3-4-8(15)10(9)17(20)21/h3-5,16H,1-2H3. The van der Waals surface area contributed by atoms with Crippen molar-refractivity contribution in [1.82, 2.24) is 0 Å². The maximum Gasteiger partial charge on any atom is 0.350 e. The number of benzene rings is 1. The van der Waals surface area contributed by atoms with Crippen LogP contribution in [0.4, 0.5) is 11.4 Å². The Morgan fingerprint density at radius 3 is 2.39 bits per heavy atom. The minimum absolute atomic E-state index is 0.0135. The minimum atomic E-state index is -1.37. The second-order valence-corrected chi connectivity index (χ2v) is 6.15. The number of nitro groups is 1. The second kappa shape index (κ2) is 6.17. The predicted molar refractivity (Wildman–Crippen MR) is 83.8 cm³/mol. The summed E-state index contributed by atoms with van der Waals surface area (Å²) in [5.74, 6) is -3.17. The predicted octanol–water partition coefficient (Wildman–Crippen LogP) is 3.14. The maximum absolute atomic E-state index is 11.8. The molecule has 1 aromatic rings. The van der Waals surface area contributed by atoms with E-state index >= 15 is 0 Å². The second-order valence-electron chi connectivity index (χ2n) is 4.89. The van der Waals surface area contributed by atoms with Crippen LogP contribution in [-0.2, 0) is 19.1 Å². The first-order valence-electron chi connectivity index (χ1n) is 6.18. The van der Waals surface area contributed by atoms with Gasteiger partial charge in [-0.1, -0.05) is 11.6 Å². The zero-order chi connectivity index (χ0) is 17.4. The molecule has 2 rings (SSSR count). The summed E-state index contributed by atoms with van der Waals surface area (Å²) in [6.45, 7) is 2.82. The summed E-state index contributed by atoms with van der Waals surface area (Å²) < 4.78 is 10.2. The number of hydrogen-bond acceptors (Lipinski definition) is 7. The first kappa shape index (κ1) is 17.2. The van der Waals surface area contributed by atoms with Gasteiger partial charge in [0.2, 0.25) is 0 Å². The van der Waals surface area contributed by atoms with Crippen molar-refractivity contribution >= 4 is 50.8 Å². The van der Waals surface area contributed by atoms with Gasteiger partial charge in [-0.2, -0.15) is 0 Å². The monoisotopic (exact) mass is 404 g/mol. The Balaban J connectivity index is 2.38. The fourth-order valence-corrected chi connectivity index (χ4v) is 2.44. The van der Waals surface area contributed by atoms with Crippen molar-refractivity contribution in [3.8, 4) is 0 Å². The van der Waals surface area contributed by atoms with Crippen molar-refractivity contribution in [2.24, 2.45) is 0 Å². The van der Waals surface area contributed by atoms with Gasteiger partial charge in [-0.25, -0.2) is 9.59 Å². The molecule has 8 nitrogen and oxygen atoms in total. The minimum Gasteiger partial charge on any atom is -0.419 e. The Hall–Kier alpha value is -2.13. The smallest absolute Gasteiger partial charge is 0.350 e. The van der Waals surface area contributed by atoms with Crippen LogP contribution in [0.1, 0.15) is 13.8 Å². The first-order chi connectivity index (χ1) is 10.6. The number of carbonyl (C=O) groups excluding carboxylic acids is 2. The van der Waals surface area contributed by atoms with Gasteiger partial charge < -0.3 is 14.8 Å². The summed E-state index contributed by atoms with van der Waals surface area (Å²) in [6.07, 6.45) is 0.976. The molecule has 1 N–H and O–H groups in total. The van der Waals surface area contributed by atoms with E-state index in [1.807, 2.05) is 0 Å². The molecule has 0 unspecified atom stereocenters. The Morgan fingerprint density at radius 2 is 1.87 bits per heavy atom. The molecular formula is C13H10BrClN2O6. The molecule has 23 heavy (non-hydrogen) atoms. The lowest BCUT2D eigenvalue weighted by molar-refractivity contribution is -0.383. The number of nitrogens with zero attached hydrogens (tertiary/aromatic N) is 1. The number of nitrogens with one attached hydrogen (secondary N) is 1. The normalized spacial score (nSPS) is 16.4. The Morgan fingerprint density at radius 1 is 1.30 bits per heavy atom. The van der Waals surface area contributed by atoms with Crippen LogP contribution < -0.4 is 5.32 Å². The number of carbonyl (C=O) groups is 2. The van der Waals surface area contributed by atoms with Gasteiger partial charge >= 0.3 is 17.6 Å². The van der Waals surface area contributed by atoms with E-state index in [4.69, 9.17) is 21.1 Å². The number of cyclic esters (lactones) is 2. The van der Waals surface area contributed by atoms with E-state index in [1.54, 1.807) is 0 Å². The Labute approximate surface area is 143 Å². The maximum atomic E-state index is 11.8. The van der Waals surface area contributed by atoms with Crippen LogP contribution in [0.2, 0.25) is 5.02 Å². The molecule has 0 aliphatic carbocycles. The average molecular weight is 406 g/mol.